The van der Waals surface area contributed by atoms with Gasteiger partial charge in [-0.25, -0.2) is 0 Å². The third kappa shape index (κ3) is 3.56. The largest absolute Gasteiger partial charge is 0.507 e. The van der Waals surface area contributed by atoms with Crippen LogP contribution in [0.5, 0.6) is 5.75 Å². The number of nitrogens with one attached hydrogen (secondary N) is 1. The van der Waals surface area contributed by atoms with Crippen molar-refractivity contribution in [1.29, 1.82) is 0 Å². The van der Waals surface area contributed by atoms with Crippen LogP contribution in [0.25, 0.3) is 38.7 Å². The minimum atomic E-state index is -0.323. The lowest BCUT2D eigenvalue weighted by Crippen LogP contribution is -2.19. The van der Waals surface area contributed by atoms with Crippen LogP contribution < -0.4 is 5.32 Å². The van der Waals surface area contributed by atoms with Crippen molar-refractivity contribution in [2.75, 3.05) is 5.32 Å². The van der Waals surface area contributed by atoms with E-state index in [0.29, 0.717) is 0 Å². The predicted molar refractivity (Wildman–Crippen MR) is 166 cm³/mol. The molecule has 3 heteroatoms. The number of phenols is 1. The van der Waals surface area contributed by atoms with Gasteiger partial charge in [0.15, 0.2) is 5.78 Å². The molecule has 2 aliphatic rings. The zero-order chi connectivity index (χ0) is 27.5. The second-order valence-electron chi connectivity index (χ2n) is 10.7. The molecule has 1 heterocycles. The number of phenolic OH excluding ortho intramolecular Hbond substituents is 1. The van der Waals surface area contributed by atoms with Crippen LogP contribution in [0.2, 0.25) is 0 Å². The minimum Gasteiger partial charge on any atom is -0.507 e. The summed E-state index contributed by atoms with van der Waals surface area (Å²) in [4.78, 5) is 14.1. The van der Waals surface area contributed by atoms with Crippen molar-refractivity contribution >= 4 is 27.9 Å². The number of carbonyl (C=O) groups excluding carboxylic acids is 1. The first-order valence-corrected chi connectivity index (χ1v) is 13.8. The molecule has 0 radical (unpaired) electrons. The number of fused-ring (bicyclic) bond motifs is 5. The molecule has 0 saturated heterocycles. The van der Waals surface area contributed by atoms with E-state index in [9.17, 15) is 9.90 Å². The molecule has 1 aliphatic heterocycles. The Morgan fingerprint density at radius 1 is 0.585 bits per heavy atom. The van der Waals surface area contributed by atoms with E-state index >= 15 is 0 Å². The van der Waals surface area contributed by atoms with Crippen molar-refractivity contribution in [3.63, 3.8) is 0 Å². The number of ketones is 1. The third-order valence-electron chi connectivity index (χ3n) is 8.40. The molecule has 41 heavy (non-hydrogen) atoms. The number of rotatable bonds is 3. The normalized spacial score (nSPS) is 15.3. The number of aromatic hydroxyl groups is 1. The topological polar surface area (TPSA) is 49.3 Å². The van der Waals surface area contributed by atoms with E-state index < -0.39 is 0 Å². The Bertz CT molecular complexity index is 1980. The van der Waals surface area contributed by atoms with Crippen molar-refractivity contribution in [2.24, 2.45) is 0 Å². The third-order valence-corrected chi connectivity index (χ3v) is 8.40. The number of allylic oxidation sites excluding steroid dienone is 1. The summed E-state index contributed by atoms with van der Waals surface area (Å²) in [5.41, 5.74) is 9.64. The molecule has 1 aliphatic carbocycles. The SMILES string of the molecule is O=C1C2=C(Nc3c(ccc4ccccc34)C2c2cc(-c3ccccc3)c(O)c(-c3ccccc3)c2)c2ccccc21. The van der Waals surface area contributed by atoms with Gasteiger partial charge >= 0.3 is 0 Å². The van der Waals surface area contributed by atoms with Crippen LogP contribution in [-0.2, 0) is 0 Å². The summed E-state index contributed by atoms with van der Waals surface area (Å²) in [5, 5.41) is 17.6. The Balaban J connectivity index is 1.45. The average molecular weight is 528 g/mol. The van der Waals surface area contributed by atoms with Crippen molar-refractivity contribution in [1.82, 2.24) is 0 Å². The van der Waals surface area contributed by atoms with Crippen molar-refractivity contribution in [3.05, 3.63) is 161 Å². The molecule has 0 aromatic heterocycles. The average Bonchev–Trinajstić information content (AvgIpc) is 3.32. The van der Waals surface area contributed by atoms with Gasteiger partial charge in [-0.2, -0.15) is 0 Å². The first-order valence-electron chi connectivity index (χ1n) is 13.8. The lowest BCUT2D eigenvalue weighted by molar-refractivity contribution is 0.103. The van der Waals surface area contributed by atoms with Gasteiger partial charge in [0, 0.05) is 39.1 Å². The summed E-state index contributed by atoms with van der Waals surface area (Å²) < 4.78 is 0. The zero-order valence-electron chi connectivity index (χ0n) is 22.1. The van der Waals surface area contributed by atoms with E-state index in [-0.39, 0.29) is 17.5 Å². The molecule has 0 amide bonds. The molecule has 1 unspecified atom stereocenters. The fourth-order valence-corrected chi connectivity index (χ4v) is 6.51. The number of anilines is 1. The Morgan fingerprint density at radius 2 is 1.17 bits per heavy atom. The number of carbonyl (C=O) groups is 1. The summed E-state index contributed by atoms with van der Waals surface area (Å²) in [6.07, 6.45) is 0. The number of Topliss-reactive ketones (excluding diaryl/α,β-unsaturated/α-hetero) is 1. The van der Waals surface area contributed by atoms with E-state index in [4.69, 9.17) is 0 Å². The van der Waals surface area contributed by atoms with Gasteiger partial charge in [-0.15, -0.1) is 0 Å². The smallest absolute Gasteiger partial charge is 0.192 e. The van der Waals surface area contributed by atoms with Gasteiger partial charge in [-0.3, -0.25) is 4.79 Å². The quantitative estimate of drug-likeness (QED) is 0.241. The molecule has 0 bridgehead atoms. The highest BCUT2D eigenvalue weighted by atomic mass is 16.3. The fraction of sp³-hybridized carbons (Fsp3) is 0.0263. The maximum atomic E-state index is 14.1. The van der Waals surface area contributed by atoms with Crippen LogP contribution in [0, 0.1) is 0 Å². The van der Waals surface area contributed by atoms with Gasteiger partial charge in [-0.1, -0.05) is 121 Å². The predicted octanol–water partition coefficient (Wildman–Crippen LogP) is 9.04. The van der Waals surface area contributed by atoms with Gasteiger partial charge in [-0.05, 0) is 39.8 Å². The monoisotopic (exact) mass is 527 g/mol. The Kier molecular flexibility index (Phi) is 5.19. The second kappa shape index (κ2) is 9.07. The molecule has 3 nitrogen and oxygen atoms in total. The summed E-state index contributed by atoms with van der Waals surface area (Å²) in [6, 6.07) is 44.5. The van der Waals surface area contributed by atoms with E-state index in [1.54, 1.807) is 0 Å². The van der Waals surface area contributed by atoms with Gasteiger partial charge in [0.25, 0.3) is 0 Å². The number of benzene rings is 6. The van der Waals surface area contributed by atoms with Crippen molar-refractivity contribution in [3.8, 4) is 28.0 Å². The summed E-state index contributed by atoms with van der Waals surface area (Å²) >= 11 is 0. The lowest BCUT2D eigenvalue weighted by Gasteiger charge is -2.31. The molecule has 0 spiro atoms. The standard InChI is InChI=1S/C38H25NO2/c40-37-31(23-11-3-1-4-12-23)21-26(22-32(37)24-13-5-2-6-14-24)33-30-20-19-25-15-7-8-16-27(25)35(30)39-36-28-17-9-10-18-29(28)38(41)34(33)36/h1-22,33,39-40H. The maximum absolute atomic E-state index is 14.1. The van der Waals surface area contributed by atoms with Gasteiger partial charge in [0.2, 0.25) is 0 Å². The Labute approximate surface area is 238 Å². The zero-order valence-corrected chi connectivity index (χ0v) is 22.1. The van der Waals surface area contributed by atoms with Crippen molar-refractivity contribution < 1.29 is 9.90 Å². The first kappa shape index (κ1) is 23.5. The summed E-state index contributed by atoms with van der Waals surface area (Å²) in [7, 11) is 0. The molecule has 6 aromatic carbocycles. The highest BCUT2D eigenvalue weighted by Crippen LogP contribution is 2.53. The maximum Gasteiger partial charge on any atom is 0.192 e. The molecule has 8 rings (SSSR count). The van der Waals surface area contributed by atoms with Crippen LogP contribution in [-0.4, -0.2) is 10.9 Å². The molecule has 0 fully saturated rings. The van der Waals surface area contributed by atoms with Crippen molar-refractivity contribution in [2.45, 2.75) is 5.92 Å². The van der Waals surface area contributed by atoms with Crippen LogP contribution in [0.15, 0.2) is 139 Å². The molecule has 0 saturated carbocycles. The van der Waals surface area contributed by atoms with Gasteiger partial charge < -0.3 is 10.4 Å². The summed E-state index contributed by atoms with van der Waals surface area (Å²) in [6.45, 7) is 0. The fourth-order valence-electron chi connectivity index (χ4n) is 6.51. The van der Waals surface area contributed by atoms with Crippen LogP contribution in [0.4, 0.5) is 5.69 Å². The van der Waals surface area contributed by atoms with Crippen LogP contribution in [0.3, 0.4) is 0 Å². The van der Waals surface area contributed by atoms with E-state index in [2.05, 4.69) is 47.8 Å². The van der Waals surface area contributed by atoms with Crippen LogP contribution >= 0.6 is 0 Å². The van der Waals surface area contributed by atoms with E-state index in [0.717, 1.165) is 72.2 Å². The molecular weight excluding hydrogens is 502 g/mol. The van der Waals surface area contributed by atoms with Gasteiger partial charge in [0.05, 0.1) is 11.4 Å². The molecule has 2 N–H and O–H groups in total. The van der Waals surface area contributed by atoms with E-state index in [1.165, 1.54) is 0 Å². The minimum absolute atomic E-state index is 0.0440. The number of hydrogen-bond donors (Lipinski definition) is 2. The van der Waals surface area contributed by atoms with E-state index in [1.807, 2.05) is 91.0 Å². The highest BCUT2D eigenvalue weighted by Gasteiger charge is 2.40. The Hall–Kier alpha value is -5.41. The van der Waals surface area contributed by atoms with Gasteiger partial charge in [0.1, 0.15) is 5.75 Å². The van der Waals surface area contributed by atoms with Crippen LogP contribution in [0.1, 0.15) is 33.0 Å². The first-order chi connectivity index (χ1) is 20.2. The highest BCUT2D eigenvalue weighted by molar-refractivity contribution is 6.25. The summed E-state index contributed by atoms with van der Waals surface area (Å²) in [5.74, 6) is -0.0483. The lowest BCUT2D eigenvalue weighted by atomic mass is 9.77. The molecule has 1 atom stereocenters. The second-order valence-corrected chi connectivity index (χ2v) is 10.7. The number of hydrogen-bond acceptors (Lipinski definition) is 3. The Morgan fingerprint density at radius 3 is 1.85 bits per heavy atom. The molecular formula is C38H25NO2. The molecule has 194 valence electrons. The molecule has 6 aromatic rings.